The number of hydrogen-bond donors (Lipinski definition) is 2. The maximum Gasteiger partial charge on any atom is 0.131 e. The monoisotopic (exact) mass is 240 g/mol. The van der Waals surface area contributed by atoms with Crippen LogP contribution in [-0.4, -0.2) is 34.9 Å². The highest BCUT2D eigenvalue weighted by atomic mass is 16.5. The molecule has 1 unspecified atom stereocenters. The van der Waals surface area contributed by atoms with Crippen molar-refractivity contribution < 1.29 is 14.2 Å². The molecular formula is C12H20N2O3. The number of ether oxygens (including phenoxy) is 3. The minimum Gasteiger partial charge on any atom is -0.496 e. The number of rotatable bonds is 6. The second-order valence-electron chi connectivity index (χ2n) is 3.61. The van der Waals surface area contributed by atoms with Gasteiger partial charge in [-0.2, -0.15) is 0 Å². The Labute approximate surface area is 102 Å². The normalized spacial score (nSPS) is 12.1. The highest BCUT2D eigenvalue weighted by Crippen LogP contribution is 2.37. The van der Waals surface area contributed by atoms with Crippen LogP contribution in [0.5, 0.6) is 17.2 Å². The molecule has 1 rings (SSSR count). The van der Waals surface area contributed by atoms with E-state index in [0.29, 0.717) is 23.8 Å². The van der Waals surface area contributed by atoms with Gasteiger partial charge in [0.1, 0.15) is 17.2 Å². The molecule has 0 aliphatic carbocycles. The number of nitrogens with two attached hydrogens (primary N) is 1. The molecule has 0 heterocycles. The van der Waals surface area contributed by atoms with Crippen LogP contribution in [0.25, 0.3) is 0 Å². The van der Waals surface area contributed by atoms with Crippen molar-refractivity contribution in [1.29, 1.82) is 0 Å². The first kappa shape index (κ1) is 13.6. The van der Waals surface area contributed by atoms with Crippen LogP contribution in [0.15, 0.2) is 12.1 Å². The summed E-state index contributed by atoms with van der Waals surface area (Å²) in [5.74, 6) is 2.02. The van der Waals surface area contributed by atoms with Gasteiger partial charge in [0, 0.05) is 24.7 Å². The molecule has 17 heavy (non-hydrogen) atoms. The molecular weight excluding hydrogens is 220 g/mol. The van der Waals surface area contributed by atoms with Crippen molar-refractivity contribution >= 4 is 0 Å². The summed E-state index contributed by atoms with van der Waals surface area (Å²) in [4.78, 5) is 0. The molecule has 5 nitrogen and oxygen atoms in total. The van der Waals surface area contributed by atoms with Gasteiger partial charge in [0.2, 0.25) is 0 Å². The van der Waals surface area contributed by atoms with E-state index in [0.717, 1.165) is 5.56 Å². The van der Waals surface area contributed by atoms with Gasteiger partial charge in [-0.05, 0) is 7.05 Å². The van der Waals surface area contributed by atoms with E-state index in [1.165, 1.54) is 0 Å². The quantitative estimate of drug-likeness (QED) is 0.774. The van der Waals surface area contributed by atoms with Gasteiger partial charge in [0.15, 0.2) is 0 Å². The maximum atomic E-state index is 6.09. The van der Waals surface area contributed by atoms with Gasteiger partial charge >= 0.3 is 0 Å². The Hall–Kier alpha value is -1.46. The van der Waals surface area contributed by atoms with E-state index in [4.69, 9.17) is 19.9 Å². The van der Waals surface area contributed by atoms with Crippen molar-refractivity contribution in [2.24, 2.45) is 5.73 Å². The highest BCUT2D eigenvalue weighted by Gasteiger charge is 2.18. The van der Waals surface area contributed by atoms with Crippen LogP contribution in [-0.2, 0) is 0 Å². The first-order valence-corrected chi connectivity index (χ1v) is 5.38. The molecule has 5 heteroatoms. The third-order valence-electron chi connectivity index (χ3n) is 2.55. The van der Waals surface area contributed by atoms with Crippen LogP contribution >= 0.6 is 0 Å². The predicted octanol–water partition coefficient (Wildman–Crippen LogP) is 0.932. The zero-order valence-electron chi connectivity index (χ0n) is 10.7. The van der Waals surface area contributed by atoms with Crippen molar-refractivity contribution in [3.63, 3.8) is 0 Å². The first-order chi connectivity index (χ1) is 8.17. The van der Waals surface area contributed by atoms with E-state index in [2.05, 4.69) is 5.32 Å². The SMILES string of the molecule is CNCC(N)c1c(OC)cc(OC)cc1OC. The molecule has 0 spiro atoms. The molecule has 96 valence electrons. The van der Waals surface area contributed by atoms with E-state index in [9.17, 15) is 0 Å². The molecule has 0 aliphatic rings. The van der Waals surface area contributed by atoms with Crippen molar-refractivity contribution in [3.05, 3.63) is 17.7 Å². The topological polar surface area (TPSA) is 65.7 Å². The standard InChI is InChI=1S/C12H20N2O3/c1-14-7-9(13)12-10(16-3)5-8(15-2)6-11(12)17-4/h5-6,9,14H,7,13H2,1-4H3. The average molecular weight is 240 g/mol. The van der Waals surface area contributed by atoms with Crippen LogP contribution in [0.1, 0.15) is 11.6 Å². The third kappa shape index (κ3) is 3.01. The van der Waals surface area contributed by atoms with Gasteiger partial charge < -0.3 is 25.3 Å². The van der Waals surface area contributed by atoms with E-state index in [1.807, 2.05) is 7.05 Å². The van der Waals surface area contributed by atoms with Crippen LogP contribution in [0.4, 0.5) is 0 Å². The Morgan fingerprint density at radius 3 is 2.00 bits per heavy atom. The summed E-state index contributed by atoms with van der Waals surface area (Å²) in [7, 11) is 6.65. The van der Waals surface area contributed by atoms with Gasteiger partial charge in [-0.1, -0.05) is 0 Å². The minimum atomic E-state index is -0.198. The number of likely N-dealkylation sites (N-methyl/N-ethyl adjacent to an activating group) is 1. The van der Waals surface area contributed by atoms with Crippen LogP contribution in [0.2, 0.25) is 0 Å². The number of methoxy groups -OCH3 is 3. The molecule has 0 aromatic heterocycles. The number of benzene rings is 1. The molecule has 0 amide bonds. The van der Waals surface area contributed by atoms with Crippen molar-refractivity contribution in [1.82, 2.24) is 5.32 Å². The molecule has 1 atom stereocenters. The molecule has 1 aromatic carbocycles. The lowest BCUT2D eigenvalue weighted by Crippen LogP contribution is -2.25. The number of nitrogens with one attached hydrogen (secondary N) is 1. The van der Waals surface area contributed by atoms with Crippen LogP contribution in [0, 0.1) is 0 Å². The van der Waals surface area contributed by atoms with Crippen molar-refractivity contribution in [2.45, 2.75) is 6.04 Å². The summed E-state index contributed by atoms with van der Waals surface area (Å²) in [6.07, 6.45) is 0. The largest absolute Gasteiger partial charge is 0.496 e. The Kier molecular flexibility index (Phi) is 5.06. The fourth-order valence-corrected chi connectivity index (χ4v) is 1.72. The van der Waals surface area contributed by atoms with Gasteiger partial charge in [-0.3, -0.25) is 0 Å². The van der Waals surface area contributed by atoms with Crippen molar-refractivity contribution in [2.75, 3.05) is 34.9 Å². The second-order valence-corrected chi connectivity index (χ2v) is 3.61. The van der Waals surface area contributed by atoms with E-state index in [-0.39, 0.29) is 6.04 Å². The molecule has 0 aliphatic heterocycles. The summed E-state index contributed by atoms with van der Waals surface area (Å²) in [6.45, 7) is 0.638. The Balaban J connectivity index is 3.23. The Morgan fingerprint density at radius 1 is 1.12 bits per heavy atom. The Bertz CT molecular complexity index is 344. The predicted molar refractivity (Wildman–Crippen MR) is 67.0 cm³/mol. The summed E-state index contributed by atoms with van der Waals surface area (Å²) in [5.41, 5.74) is 6.92. The van der Waals surface area contributed by atoms with E-state index in [1.54, 1.807) is 33.5 Å². The molecule has 0 saturated heterocycles. The molecule has 0 bridgehead atoms. The van der Waals surface area contributed by atoms with Crippen molar-refractivity contribution in [3.8, 4) is 17.2 Å². The van der Waals surface area contributed by atoms with E-state index >= 15 is 0 Å². The summed E-state index contributed by atoms with van der Waals surface area (Å²) in [5, 5.41) is 3.03. The molecule has 0 radical (unpaired) electrons. The molecule has 0 saturated carbocycles. The van der Waals surface area contributed by atoms with Crippen LogP contribution in [0.3, 0.4) is 0 Å². The zero-order valence-corrected chi connectivity index (χ0v) is 10.7. The molecule has 3 N–H and O–H groups in total. The maximum absolute atomic E-state index is 6.09. The molecule has 0 fully saturated rings. The number of hydrogen-bond acceptors (Lipinski definition) is 5. The third-order valence-corrected chi connectivity index (χ3v) is 2.55. The fourth-order valence-electron chi connectivity index (χ4n) is 1.72. The van der Waals surface area contributed by atoms with Gasteiger partial charge in [-0.25, -0.2) is 0 Å². The van der Waals surface area contributed by atoms with Gasteiger partial charge in [0.05, 0.1) is 26.9 Å². The molecule has 1 aromatic rings. The second kappa shape index (κ2) is 6.32. The van der Waals surface area contributed by atoms with Gasteiger partial charge in [0.25, 0.3) is 0 Å². The smallest absolute Gasteiger partial charge is 0.131 e. The van der Waals surface area contributed by atoms with Crippen LogP contribution < -0.4 is 25.3 Å². The fraction of sp³-hybridized carbons (Fsp3) is 0.500. The summed E-state index contributed by atoms with van der Waals surface area (Å²) in [6, 6.07) is 3.40. The minimum absolute atomic E-state index is 0.198. The summed E-state index contributed by atoms with van der Waals surface area (Å²) < 4.78 is 15.8. The Morgan fingerprint density at radius 2 is 1.65 bits per heavy atom. The highest BCUT2D eigenvalue weighted by molar-refractivity contribution is 5.52. The first-order valence-electron chi connectivity index (χ1n) is 5.38. The summed E-state index contributed by atoms with van der Waals surface area (Å²) >= 11 is 0. The average Bonchev–Trinajstić information content (AvgIpc) is 2.37. The lowest BCUT2D eigenvalue weighted by molar-refractivity contribution is 0.363. The zero-order chi connectivity index (χ0) is 12.8. The van der Waals surface area contributed by atoms with Gasteiger partial charge in [-0.15, -0.1) is 0 Å². The van der Waals surface area contributed by atoms with E-state index < -0.39 is 0 Å². The lowest BCUT2D eigenvalue weighted by atomic mass is 10.0. The lowest BCUT2D eigenvalue weighted by Gasteiger charge is -2.19.